The van der Waals surface area contributed by atoms with Crippen LogP contribution in [0.3, 0.4) is 0 Å². The molecule has 0 aliphatic heterocycles. The van der Waals surface area contributed by atoms with Crippen LogP contribution in [0.4, 0.5) is 0 Å². The Kier molecular flexibility index (Phi) is 4.93. The van der Waals surface area contributed by atoms with E-state index in [1.165, 1.54) is 25.5 Å². The third kappa shape index (κ3) is 4.01. The second-order valence-corrected chi connectivity index (χ2v) is 8.40. The molecule has 2 amide bonds. The number of nitrogens with one attached hydrogen (secondary N) is 2. The normalized spacial score (nSPS) is 30.7. The van der Waals surface area contributed by atoms with Crippen LogP contribution in [0.25, 0.3) is 0 Å². The molecule has 7 nitrogen and oxygen atoms in total. The molecule has 0 aromatic carbocycles. The summed E-state index contributed by atoms with van der Waals surface area (Å²) in [6.07, 6.45) is 8.18. The van der Waals surface area contributed by atoms with Gasteiger partial charge in [0.15, 0.2) is 6.61 Å². The lowest BCUT2D eigenvalue weighted by Gasteiger charge is -2.55. The number of furan rings is 1. The molecule has 4 bridgehead atoms. The first kappa shape index (κ1) is 18.1. The van der Waals surface area contributed by atoms with Crippen LogP contribution in [0.5, 0.6) is 0 Å². The standard InChI is InChI=1S/C20H26N2O5/c23-17(21-10-16-2-1-3-26-16)12-27-18(24)11-22-19(25)20-7-13-4-14(8-20)6-15(5-13)9-20/h1-3,13-15H,4-12H2,(H,21,23)(H,22,25). The zero-order chi connectivity index (χ0) is 18.9. The summed E-state index contributed by atoms with van der Waals surface area (Å²) in [5, 5.41) is 5.35. The number of carbonyl (C=O) groups excluding carboxylic acids is 3. The molecule has 146 valence electrons. The highest BCUT2D eigenvalue weighted by Gasteiger charge is 2.54. The van der Waals surface area contributed by atoms with Crippen molar-refractivity contribution in [2.45, 2.75) is 45.1 Å². The Balaban J connectivity index is 1.18. The monoisotopic (exact) mass is 374 g/mol. The van der Waals surface area contributed by atoms with Crippen LogP contribution in [0, 0.1) is 23.2 Å². The quantitative estimate of drug-likeness (QED) is 0.709. The number of ether oxygens (including phenoxy) is 1. The van der Waals surface area contributed by atoms with Gasteiger partial charge >= 0.3 is 5.97 Å². The molecule has 2 N–H and O–H groups in total. The molecule has 4 fully saturated rings. The molecule has 0 atom stereocenters. The third-order valence-corrected chi connectivity index (χ3v) is 6.32. The first-order chi connectivity index (χ1) is 13.0. The van der Waals surface area contributed by atoms with Crippen LogP contribution >= 0.6 is 0 Å². The van der Waals surface area contributed by atoms with Crippen LogP contribution < -0.4 is 10.6 Å². The number of amides is 2. The summed E-state index contributed by atoms with van der Waals surface area (Å²) < 4.78 is 10.1. The van der Waals surface area contributed by atoms with Crippen molar-refractivity contribution in [3.05, 3.63) is 24.2 Å². The Morgan fingerprint density at radius 2 is 1.74 bits per heavy atom. The van der Waals surface area contributed by atoms with Gasteiger partial charge in [-0.2, -0.15) is 0 Å². The molecule has 1 heterocycles. The van der Waals surface area contributed by atoms with E-state index < -0.39 is 11.9 Å². The highest BCUT2D eigenvalue weighted by Crippen LogP contribution is 2.60. The number of carbonyl (C=O) groups is 3. The molecule has 0 saturated heterocycles. The number of rotatable bonds is 7. The van der Waals surface area contributed by atoms with Gasteiger partial charge in [-0.3, -0.25) is 14.4 Å². The lowest BCUT2D eigenvalue weighted by atomic mass is 9.49. The Labute approximate surface area is 158 Å². The summed E-state index contributed by atoms with van der Waals surface area (Å²) in [6, 6.07) is 3.47. The summed E-state index contributed by atoms with van der Waals surface area (Å²) in [4.78, 5) is 36.3. The maximum atomic E-state index is 12.8. The maximum absolute atomic E-state index is 12.8. The zero-order valence-electron chi connectivity index (χ0n) is 15.4. The van der Waals surface area contributed by atoms with Crippen molar-refractivity contribution in [1.29, 1.82) is 0 Å². The fraction of sp³-hybridized carbons (Fsp3) is 0.650. The van der Waals surface area contributed by atoms with E-state index in [4.69, 9.17) is 9.15 Å². The lowest BCUT2D eigenvalue weighted by Crippen LogP contribution is -2.54. The molecule has 4 aliphatic carbocycles. The number of esters is 1. The fourth-order valence-electron chi connectivity index (χ4n) is 5.58. The van der Waals surface area contributed by atoms with Crippen molar-refractivity contribution < 1.29 is 23.5 Å². The van der Waals surface area contributed by atoms with E-state index in [9.17, 15) is 14.4 Å². The molecular weight excluding hydrogens is 348 g/mol. The highest BCUT2D eigenvalue weighted by molar-refractivity contribution is 5.87. The third-order valence-electron chi connectivity index (χ3n) is 6.32. The summed E-state index contributed by atoms with van der Waals surface area (Å²) >= 11 is 0. The van der Waals surface area contributed by atoms with E-state index in [1.54, 1.807) is 12.1 Å². The van der Waals surface area contributed by atoms with Crippen LogP contribution in [0.15, 0.2) is 22.8 Å². The molecule has 27 heavy (non-hydrogen) atoms. The summed E-state index contributed by atoms with van der Waals surface area (Å²) in [5.74, 6) is 1.62. The Bertz CT molecular complexity index is 677. The van der Waals surface area contributed by atoms with Crippen LogP contribution in [0.2, 0.25) is 0 Å². The Hall–Kier alpha value is -2.31. The van der Waals surface area contributed by atoms with E-state index in [0.29, 0.717) is 23.5 Å². The van der Waals surface area contributed by atoms with Crippen molar-refractivity contribution in [1.82, 2.24) is 10.6 Å². The molecule has 1 aromatic heterocycles. The van der Waals surface area contributed by atoms with Gasteiger partial charge in [-0.15, -0.1) is 0 Å². The Morgan fingerprint density at radius 3 is 2.33 bits per heavy atom. The first-order valence-electron chi connectivity index (χ1n) is 9.75. The van der Waals surface area contributed by atoms with Gasteiger partial charge in [0, 0.05) is 5.41 Å². The molecule has 4 saturated carbocycles. The van der Waals surface area contributed by atoms with E-state index in [0.717, 1.165) is 19.3 Å². The van der Waals surface area contributed by atoms with E-state index in [-0.39, 0.29) is 31.0 Å². The van der Waals surface area contributed by atoms with E-state index in [2.05, 4.69) is 10.6 Å². The van der Waals surface area contributed by atoms with Gasteiger partial charge in [0.05, 0.1) is 12.8 Å². The minimum atomic E-state index is -0.596. The SMILES string of the molecule is O=C(COC(=O)CNC(=O)C12CC3CC(CC(C3)C1)C2)NCc1ccco1. The minimum absolute atomic E-state index is 0.0131. The van der Waals surface area contributed by atoms with Crippen molar-refractivity contribution in [3.63, 3.8) is 0 Å². The van der Waals surface area contributed by atoms with Gasteiger partial charge in [0.2, 0.25) is 5.91 Å². The summed E-state index contributed by atoms with van der Waals surface area (Å²) in [5.41, 5.74) is -0.282. The zero-order valence-corrected chi connectivity index (χ0v) is 15.4. The van der Waals surface area contributed by atoms with E-state index in [1.807, 2.05) is 0 Å². The average Bonchev–Trinajstić information content (AvgIpc) is 3.15. The van der Waals surface area contributed by atoms with Crippen LogP contribution in [0.1, 0.15) is 44.3 Å². The second kappa shape index (κ2) is 7.37. The summed E-state index contributed by atoms with van der Waals surface area (Å²) in [7, 11) is 0. The lowest BCUT2D eigenvalue weighted by molar-refractivity contribution is -0.152. The second-order valence-electron chi connectivity index (χ2n) is 8.40. The largest absolute Gasteiger partial charge is 0.467 e. The predicted molar refractivity (Wildman–Crippen MR) is 95.1 cm³/mol. The minimum Gasteiger partial charge on any atom is -0.467 e. The molecule has 5 rings (SSSR count). The molecule has 0 unspecified atom stereocenters. The van der Waals surface area contributed by atoms with Gasteiger partial charge < -0.3 is 19.8 Å². The van der Waals surface area contributed by atoms with Gasteiger partial charge in [-0.25, -0.2) is 0 Å². The van der Waals surface area contributed by atoms with Gasteiger partial charge in [0.1, 0.15) is 12.3 Å². The van der Waals surface area contributed by atoms with Gasteiger partial charge in [-0.1, -0.05) is 0 Å². The molecule has 1 aromatic rings. The first-order valence-corrected chi connectivity index (χ1v) is 9.75. The smallest absolute Gasteiger partial charge is 0.325 e. The topological polar surface area (TPSA) is 97.6 Å². The molecule has 0 spiro atoms. The maximum Gasteiger partial charge on any atom is 0.325 e. The van der Waals surface area contributed by atoms with Crippen molar-refractivity contribution in [2.24, 2.45) is 23.2 Å². The number of hydrogen-bond donors (Lipinski definition) is 2. The Morgan fingerprint density at radius 1 is 1.07 bits per heavy atom. The molecule has 7 heteroatoms. The van der Waals surface area contributed by atoms with Gasteiger partial charge in [0.25, 0.3) is 5.91 Å². The van der Waals surface area contributed by atoms with Crippen LogP contribution in [-0.2, 0) is 25.7 Å². The molecular formula is C20H26N2O5. The van der Waals surface area contributed by atoms with Crippen molar-refractivity contribution >= 4 is 17.8 Å². The van der Waals surface area contributed by atoms with Crippen LogP contribution in [-0.4, -0.2) is 30.9 Å². The molecule has 0 radical (unpaired) electrons. The van der Waals surface area contributed by atoms with E-state index >= 15 is 0 Å². The average molecular weight is 374 g/mol. The van der Waals surface area contributed by atoms with Crippen molar-refractivity contribution in [3.8, 4) is 0 Å². The highest BCUT2D eigenvalue weighted by atomic mass is 16.5. The summed E-state index contributed by atoms with van der Waals surface area (Å²) in [6.45, 7) is -0.315. The van der Waals surface area contributed by atoms with Gasteiger partial charge in [-0.05, 0) is 68.4 Å². The molecule has 4 aliphatic rings. The fourth-order valence-corrected chi connectivity index (χ4v) is 5.58. The number of hydrogen-bond acceptors (Lipinski definition) is 5. The predicted octanol–water partition coefficient (Wildman–Crippen LogP) is 1.77. The van der Waals surface area contributed by atoms with Crippen molar-refractivity contribution in [2.75, 3.05) is 13.2 Å².